The largest absolute Gasteiger partial charge is 2.00 e. The molecule has 0 spiro atoms. The Bertz CT molecular complexity index is 33.7. The second-order valence-electron chi connectivity index (χ2n) is 1.43. The maximum atomic E-state index is 9.05. The van der Waals surface area contributed by atoms with Gasteiger partial charge in [-0.15, -0.1) is 13.2 Å². The maximum absolute atomic E-state index is 9.05. The minimum atomic E-state index is -0.375. The summed E-state index contributed by atoms with van der Waals surface area (Å²) in [6, 6.07) is 0. The minimum absolute atomic E-state index is 0. The summed E-state index contributed by atoms with van der Waals surface area (Å²) in [5.41, 5.74) is 0. The van der Waals surface area contributed by atoms with Crippen LogP contribution in [-0.2, 0) is 0 Å². The Morgan fingerprint density at radius 3 is 1.00 bits per heavy atom. The molecule has 0 atom stereocenters. The summed E-state index contributed by atoms with van der Waals surface area (Å²) in [5.74, 6) is 0. The van der Waals surface area contributed by atoms with Crippen molar-refractivity contribution in [1.29, 1.82) is 0 Å². The minimum Gasteiger partial charge on any atom is -0.853 e. The molecule has 0 unspecified atom stereocenters. The Labute approximate surface area is 88.0 Å². The van der Waals surface area contributed by atoms with Crippen LogP contribution in [0, 0.1) is 6.42 Å². The van der Waals surface area contributed by atoms with Crippen LogP contribution in [0.3, 0.4) is 0 Å². The molecule has 0 saturated carbocycles. The van der Waals surface area contributed by atoms with E-state index in [1.807, 2.05) is 20.3 Å². The van der Waals surface area contributed by atoms with Gasteiger partial charge in [0.15, 0.2) is 0 Å². The van der Waals surface area contributed by atoms with Crippen molar-refractivity contribution in [3.8, 4) is 0 Å². The molecule has 0 bridgehead atoms. The van der Waals surface area contributed by atoms with E-state index in [4.69, 9.17) is 20.4 Å². The van der Waals surface area contributed by atoms with Crippen LogP contribution in [0.2, 0.25) is 0 Å². The number of aliphatic hydroxyl groups excluding tert-OH is 2. The molecule has 0 aliphatic heterocycles. The van der Waals surface area contributed by atoms with Crippen molar-refractivity contribution in [3.63, 3.8) is 0 Å². The van der Waals surface area contributed by atoms with Gasteiger partial charge < -0.3 is 26.8 Å². The summed E-state index contributed by atoms with van der Waals surface area (Å²) in [7, 11) is 0. The van der Waals surface area contributed by atoms with Crippen LogP contribution in [0.15, 0.2) is 0 Å². The molecule has 0 aromatic carbocycles. The zero-order chi connectivity index (χ0) is 9.54. The van der Waals surface area contributed by atoms with Gasteiger partial charge in [-0.05, 0) is 0 Å². The van der Waals surface area contributed by atoms with Crippen LogP contribution in [0.1, 0.15) is 13.8 Å². The van der Waals surface area contributed by atoms with Gasteiger partial charge in [-0.1, -0.05) is 0 Å². The normalized spacial score (nSPS) is 6.00. The third-order valence-corrected chi connectivity index (χ3v) is 0.183. The molecule has 0 rings (SSSR count). The Kier molecular flexibility index (Phi) is 128. The van der Waals surface area contributed by atoms with Gasteiger partial charge in [0.25, 0.3) is 0 Å². The molecule has 0 saturated heterocycles. The predicted octanol–water partition coefficient (Wildman–Crippen LogP) is -2.85. The summed E-state index contributed by atoms with van der Waals surface area (Å²) in [6.07, 6.45) is 2.00. The number of aliphatic hydroxyl groups is 2. The van der Waals surface area contributed by atoms with Gasteiger partial charge >= 0.3 is 20.2 Å². The molecule has 6 heteroatoms. The first kappa shape index (κ1) is 29.2. The average Bonchev–Trinajstić information content (AvgIpc) is 2.06. The zero-order valence-corrected chi connectivity index (χ0v) is 8.53. The monoisotopic (exact) mass is 183 g/mol. The van der Waals surface area contributed by atoms with Crippen molar-refractivity contribution in [3.05, 3.63) is 6.42 Å². The molecule has 72 valence electrons. The number of hydrogen-bond donors (Lipinski definition) is 2. The van der Waals surface area contributed by atoms with Crippen LogP contribution >= 0.6 is 0 Å². The zero-order valence-electron chi connectivity index (χ0n) is 8.53. The Hall–Kier alpha value is 0.178. The number of hydrogen-bond acceptors (Lipinski definition) is 4. The molecule has 13 heavy (non-hydrogen) atoms. The van der Waals surface area contributed by atoms with Crippen LogP contribution in [0.4, 0.5) is 0 Å². The van der Waals surface area contributed by atoms with Crippen LogP contribution < -0.4 is 10.2 Å². The molecule has 0 amide bonds. The Morgan fingerprint density at radius 2 is 1.00 bits per heavy atom. The van der Waals surface area contributed by atoms with E-state index in [0.717, 1.165) is 0 Å². The van der Waals surface area contributed by atoms with Gasteiger partial charge in [0.2, 0.25) is 0 Å². The molecule has 0 radical (unpaired) electrons. The molecule has 0 fully saturated rings. The topological polar surface area (TPSA) is 86.6 Å². The van der Waals surface area contributed by atoms with Gasteiger partial charge in [-0.25, -0.2) is 0 Å². The van der Waals surface area contributed by atoms with E-state index in [1.165, 1.54) is 0 Å². The standard InChI is InChI=1S/C3H7.2C2H5O2.2Be/c1-3-2;2*3-1-2-4;;/h3H,1-2H3;2*3H,1-2H2;;/q3*-1;2*+2. The van der Waals surface area contributed by atoms with Crippen molar-refractivity contribution in [2.45, 2.75) is 13.8 Å². The smallest absolute Gasteiger partial charge is 0.853 e. The first-order chi connectivity index (χ1) is 5.24. The van der Waals surface area contributed by atoms with E-state index in [0.29, 0.717) is 0 Å². The molecule has 0 aliphatic rings. The fraction of sp³-hybridized carbons (Fsp3) is 0.857. The molecular formula is C7H17Be2O4+. The molecule has 0 aromatic rings. The van der Waals surface area contributed by atoms with Gasteiger partial charge in [-0.2, -0.15) is 13.8 Å². The van der Waals surface area contributed by atoms with Crippen molar-refractivity contribution in [2.24, 2.45) is 0 Å². The van der Waals surface area contributed by atoms with Crippen molar-refractivity contribution in [2.75, 3.05) is 26.4 Å². The first-order valence-electron chi connectivity index (χ1n) is 3.36. The van der Waals surface area contributed by atoms with Crippen molar-refractivity contribution in [1.82, 2.24) is 0 Å². The molecule has 4 nitrogen and oxygen atoms in total. The van der Waals surface area contributed by atoms with Gasteiger partial charge in [0.1, 0.15) is 0 Å². The van der Waals surface area contributed by atoms with E-state index in [1.54, 1.807) is 0 Å². The van der Waals surface area contributed by atoms with Gasteiger partial charge in [-0.3, -0.25) is 0 Å². The van der Waals surface area contributed by atoms with Crippen molar-refractivity contribution < 1.29 is 20.4 Å². The molecule has 0 aliphatic carbocycles. The fourth-order valence-electron chi connectivity index (χ4n) is 0. The van der Waals surface area contributed by atoms with Gasteiger partial charge in [0, 0.05) is 13.2 Å². The molecule has 0 heterocycles. The van der Waals surface area contributed by atoms with Crippen LogP contribution in [0.25, 0.3) is 0 Å². The quantitative estimate of drug-likeness (QED) is 0.356. The van der Waals surface area contributed by atoms with E-state index < -0.39 is 0 Å². The summed E-state index contributed by atoms with van der Waals surface area (Å²) in [6.45, 7) is 2.78. The fourth-order valence-corrected chi connectivity index (χ4v) is 0. The molecule has 0 aromatic heterocycles. The maximum Gasteiger partial charge on any atom is 2.00 e. The van der Waals surface area contributed by atoms with E-state index in [9.17, 15) is 0 Å². The Balaban J connectivity index is -0.0000000231. The van der Waals surface area contributed by atoms with Crippen LogP contribution in [-0.4, -0.2) is 56.9 Å². The third kappa shape index (κ3) is 266. The van der Waals surface area contributed by atoms with Gasteiger partial charge in [0.05, 0.1) is 0 Å². The second-order valence-corrected chi connectivity index (χ2v) is 1.43. The first-order valence-corrected chi connectivity index (χ1v) is 3.36. The van der Waals surface area contributed by atoms with E-state index >= 15 is 0 Å². The van der Waals surface area contributed by atoms with E-state index in [2.05, 4.69) is 0 Å². The number of rotatable bonds is 2. The average molecular weight is 183 g/mol. The summed E-state index contributed by atoms with van der Waals surface area (Å²) >= 11 is 0. The third-order valence-electron chi connectivity index (χ3n) is 0.183. The van der Waals surface area contributed by atoms with Crippen LogP contribution in [0.5, 0.6) is 0 Å². The summed E-state index contributed by atoms with van der Waals surface area (Å²) in [5, 5.41) is 33.2. The Morgan fingerprint density at radius 1 is 0.923 bits per heavy atom. The molecule has 2 N–H and O–H groups in total. The predicted molar refractivity (Wildman–Crippen MR) is 51.1 cm³/mol. The summed E-state index contributed by atoms with van der Waals surface area (Å²) < 4.78 is 0. The van der Waals surface area contributed by atoms with Crippen molar-refractivity contribution >= 4 is 20.2 Å². The molecular weight excluding hydrogens is 166 g/mol. The van der Waals surface area contributed by atoms with E-state index in [-0.39, 0.29) is 46.7 Å². The second kappa shape index (κ2) is 56.8. The summed E-state index contributed by atoms with van der Waals surface area (Å²) in [4.78, 5) is 0. The SMILES string of the molecule is C[CH-]C.[Be+2].[Be+2].[O-]CCO.[O-]CCO.